The predicted molar refractivity (Wildman–Crippen MR) is 79.7 cm³/mol. The van der Waals surface area contributed by atoms with E-state index in [1.54, 1.807) is 0 Å². The number of benzene rings is 1. The molecule has 0 saturated heterocycles. The molecule has 0 aliphatic carbocycles. The molecule has 19 heavy (non-hydrogen) atoms. The number of hydrogen-bond acceptors (Lipinski definition) is 3. The Morgan fingerprint density at radius 2 is 2.11 bits per heavy atom. The quantitative estimate of drug-likeness (QED) is 0.882. The van der Waals surface area contributed by atoms with E-state index in [1.165, 1.54) is 11.1 Å². The van der Waals surface area contributed by atoms with Gasteiger partial charge in [0, 0.05) is 31.1 Å². The molecule has 2 rings (SSSR count). The van der Waals surface area contributed by atoms with Crippen LogP contribution in [0.4, 0.5) is 0 Å². The Labute approximate surface area is 116 Å². The molecule has 1 aliphatic rings. The monoisotopic (exact) mass is 262 g/mol. The van der Waals surface area contributed by atoms with Crippen LogP contribution >= 0.6 is 0 Å². The highest BCUT2D eigenvalue weighted by Gasteiger charge is 2.31. The molecule has 1 aromatic carbocycles. The standard InChI is InChI=1S/C16H26N2O/c1-12(18(4)5)10-17-11-14-8-6-7-13-9-16(2,3)19-15(13)14/h6-8,12,17H,9-11H2,1-5H3. The summed E-state index contributed by atoms with van der Waals surface area (Å²) in [5, 5.41) is 3.52. The minimum Gasteiger partial charge on any atom is -0.487 e. The van der Waals surface area contributed by atoms with Crippen molar-refractivity contribution in [2.45, 2.75) is 45.4 Å². The summed E-state index contributed by atoms with van der Waals surface area (Å²) < 4.78 is 6.08. The largest absolute Gasteiger partial charge is 0.487 e. The first-order valence-electron chi connectivity index (χ1n) is 7.06. The number of nitrogens with zero attached hydrogens (tertiary/aromatic N) is 1. The fourth-order valence-corrected chi connectivity index (χ4v) is 2.42. The molecule has 0 saturated carbocycles. The van der Waals surface area contributed by atoms with Crippen molar-refractivity contribution in [1.29, 1.82) is 0 Å². The molecule has 0 radical (unpaired) electrons. The van der Waals surface area contributed by atoms with Crippen LogP contribution in [0.1, 0.15) is 31.9 Å². The zero-order valence-corrected chi connectivity index (χ0v) is 12.8. The molecule has 1 aromatic rings. The fraction of sp³-hybridized carbons (Fsp3) is 0.625. The lowest BCUT2D eigenvalue weighted by Gasteiger charge is -2.21. The van der Waals surface area contributed by atoms with E-state index >= 15 is 0 Å². The Balaban J connectivity index is 1.98. The van der Waals surface area contributed by atoms with Gasteiger partial charge in [0.15, 0.2) is 0 Å². The summed E-state index contributed by atoms with van der Waals surface area (Å²) in [6, 6.07) is 7.01. The number of nitrogens with one attached hydrogen (secondary N) is 1. The Morgan fingerprint density at radius 1 is 1.37 bits per heavy atom. The van der Waals surface area contributed by atoms with Crippen molar-refractivity contribution in [3.63, 3.8) is 0 Å². The molecule has 1 atom stereocenters. The lowest BCUT2D eigenvalue weighted by molar-refractivity contribution is 0.137. The minimum absolute atomic E-state index is 0.0602. The van der Waals surface area contributed by atoms with E-state index in [1.807, 2.05) is 0 Å². The third kappa shape index (κ3) is 3.48. The number of para-hydroxylation sites is 1. The predicted octanol–water partition coefficient (Wildman–Crippen LogP) is 2.44. The lowest BCUT2D eigenvalue weighted by atomic mass is 10.0. The van der Waals surface area contributed by atoms with Gasteiger partial charge in [-0.2, -0.15) is 0 Å². The molecule has 0 amide bonds. The molecule has 1 N–H and O–H groups in total. The van der Waals surface area contributed by atoms with Gasteiger partial charge >= 0.3 is 0 Å². The summed E-state index contributed by atoms with van der Waals surface area (Å²) in [6.45, 7) is 8.39. The third-order valence-corrected chi connectivity index (χ3v) is 3.81. The van der Waals surface area contributed by atoms with E-state index in [0.29, 0.717) is 6.04 Å². The first-order chi connectivity index (χ1) is 8.89. The van der Waals surface area contributed by atoms with Gasteiger partial charge in [-0.05, 0) is 40.4 Å². The van der Waals surface area contributed by atoms with Crippen molar-refractivity contribution >= 4 is 0 Å². The average Bonchev–Trinajstić information content (AvgIpc) is 2.63. The van der Waals surface area contributed by atoms with Gasteiger partial charge in [0.1, 0.15) is 11.4 Å². The second-order valence-electron chi connectivity index (χ2n) is 6.39. The number of fused-ring (bicyclic) bond motifs is 1. The zero-order valence-electron chi connectivity index (χ0n) is 12.8. The molecule has 0 spiro atoms. The van der Waals surface area contributed by atoms with Gasteiger partial charge in [0.25, 0.3) is 0 Å². The van der Waals surface area contributed by atoms with Crippen molar-refractivity contribution < 1.29 is 4.74 Å². The van der Waals surface area contributed by atoms with Gasteiger partial charge in [0.2, 0.25) is 0 Å². The lowest BCUT2D eigenvalue weighted by Crippen LogP contribution is -2.35. The van der Waals surface area contributed by atoms with Crippen molar-refractivity contribution in [2.24, 2.45) is 0 Å². The van der Waals surface area contributed by atoms with Crippen LogP contribution in [0.2, 0.25) is 0 Å². The normalized spacial score (nSPS) is 18.2. The van der Waals surface area contributed by atoms with Gasteiger partial charge in [-0.15, -0.1) is 0 Å². The van der Waals surface area contributed by atoms with E-state index in [4.69, 9.17) is 4.74 Å². The summed E-state index contributed by atoms with van der Waals surface area (Å²) >= 11 is 0. The Morgan fingerprint density at radius 3 is 2.79 bits per heavy atom. The van der Waals surface area contributed by atoms with Crippen molar-refractivity contribution in [2.75, 3.05) is 20.6 Å². The van der Waals surface area contributed by atoms with Crippen LogP contribution in [0, 0.1) is 0 Å². The smallest absolute Gasteiger partial charge is 0.127 e. The van der Waals surface area contributed by atoms with Gasteiger partial charge in [-0.1, -0.05) is 18.2 Å². The second kappa shape index (κ2) is 5.51. The molecule has 1 aliphatic heterocycles. The van der Waals surface area contributed by atoms with Gasteiger partial charge < -0.3 is 15.0 Å². The fourth-order valence-electron chi connectivity index (χ4n) is 2.42. The summed E-state index contributed by atoms with van der Waals surface area (Å²) in [7, 11) is 4.22. The maximum atomic E-state index is 6.08. The highest BCUT2D eigenvalue weighted by Crippen LogP contribution is 2.37. The number of rotatable bonds is 5. The first kappa shape index (κ1) is 14.4. The van der Waals surface area contributed by atoms with Crippen LogP contribution in [0.5, 0.6) is 5.75 Å². The Hall–Kier alpha value is -1.06. The highest BCUT2D eigenvalue weighted by atomic mass is 16.5. The molecule has 3 nitrogen and oxygen atoms in total. The Bertz CT molecular complexity index is 440. The van der Waals surface area contributed by atoms with Crippen molar-refractivity contribution in [3.8, 4) is 5.75 Å². The summed E-state index contributed by atoms with van der Waals surface area (Å²) in [6.07, 6.45) is 1.00. The zero-order chi connectivity index (χ0) is 14.0. The minimum atomic E-state index is -0.0602. The van der Waals surface area contributed by atoms with E-state index in [9.17, 15) is 0 Å². The number of likely N-dealkylation sites (N-methyl/N-ethyl adjacent to an activating group) is 1. The van der Waals surface area contributed by atoms with Crippen LogP contribution in [0.15, 0.2) is 18.2 Å². The maximum Gasteiger partial charge on any atom is 0.127 e. The Kier molecular flexibility index (Phi) is 4.16. The molecular formula is C16H26N2O. The SMILES string of the molecule is CC(CNCc1cccc2c1OC(C)(C)C2)N(C)C. The van der Waals surface area contributed by atoms with Crippen LogP contribution in [0.3, 0.4) is 0 Å². The highest BCUT2D eigenvalue weighted by molar-refractivity contribution is 5.45. The molecular weight excluding hydrogens is 236 g/mol. The number of ether oxygens (including phenoxy) is 1. The molecule has 0 fully saturated rings. The average molecular weight is 262 g/mol. The van der Waals surface area contributed by atoms with Crippen LogP contribution in [-0.4, -0.2) is 37.2 Å². The summed E-state index contributed by atoms with van der Waals surface area (Å²) in [5.41, 5.74) is 2.55. The first-order valence-corrected chi connectivity index (χ1v) is 7.06. The van der Waals surface area contributed by atoms with E-state index < -0.39 is 0 Å². The molecule has 1 unspecified atom stereocenters. The second-order valence-corrected chi connectivity index (χ2v) is 6.39. The van der Waals surface area contributed by atoms with Crippen molar-refractivity contribution in [3.05, 3.63) is 29.3 Å². The summed E-state index contributed by atoms with van der Waals surface area (Å²) in [5.74, 6) is 1.09. The molecule has 106 valence electrons. The van der Waals surface area contributed by atoms with Gasteiger partial charge in [-0.25, -0.2) is 0 Å². The van der Waals surface area contributed by atoms with E-state index in [-0.39, 0.29) is 5.60 Å². The summed E-state index contributed by atoms with van der Waals surface area (Å²) in [4.78, 5) is 2.22. The van der Waals surface area contributed by atoms with Crippen LogP contribution in [0.25, 0.3) is 0 Å². The van der Waals surface area contributed by atoms with Crippen molar-refractivity contribution in [1.82, 2.24) is 10.2 Å². The third-order valence-electron chi connectivity index (χ3n) is 3.81. The molecule has 1 heterocycles. The van der Waals surface area contributed by atoms with Crippen LogP contribution < -0.4 is 10.1 Å². The topological polar surface area (TPSA) is 24.5 Å². The molecule has 0 bridgehead atoms. The maximum absolute atomic E-state index is 6.08. The van der Waals surface area contributed by atoms with Gasteiger partial charge in [-0.3, -0.25) is 0 Å². The molecule has 3 heteroatoms. The van der Waals surface area contributed by atoms with E-state index in [2.05, 4.69) is 63.3 Å². The van der Waals surface area contributed by atoms with Gasteiger partial charge in [0.05, 0.1) is 0 Å². The number of hydrogen-bond donors (Lipinski definition) is 1. The van der Waals surface area contributed by atoms with Crippen LogP contribution in [-0.2, 0) is 13.0 Å². The molecule has 0 aromatic heterocycles. The van der Waals surface area contributed by atoms with E-state index in [0.717, 1.165) is 25.3 Å².